The van der Waals surface area contributed by atoms with Crippen LogP contribution in [0, 0.1) is 0 Å². The van der Waals surface area contributed by atoms with Crippen molar-refractivity contribution in [2.75, 3.05) is 38.6 Å². The van der Waals surface area contributed by atoms with Crippen LogP contribution < -0.4 is 10.2 Å². The second-order valence-electron chi connectivity index (χ2n) is 7.23. The third kappa shape index (κ3) is 5.15. The Morgan fingerprint density at radius 3 is 2.89 bits per heavy atom. The van der Waals surface area contributed by atoms with Crippen molar-refractivity contribution in [1.29, 1.82) is 0 Å². The molecule has 1 N–H and O–H groups in total. The molecule has 0 spiro atoms. The van der Waals surface area contributed by atoms with Crippen molar-refractivity contribution in [3.8, 4) is 0 Å². The normalized spacial score (nSPS) is 16.0. The van der Waals surface area contributed by atoms with Crippen LogP contribution >= 0.6 is 11.6 Å². The number of likely N-dealkylation sites (N-methyl/N-ethyl adjacent to an activating group) is 1. The van der Waals surface area contributed by atoms with E-state index in [0.717, 1.165) is 37.4 Å². The Balaban J connectivity index is 1.61. The van der Waals surface area contributed by atoms with Gasteiger partial charge < -0.3 is 15.1 Å². The van der Waals surface area contributed by atoms with Crippen LogP contribution in [-0.2, 0) is 11.2 Å². The number of anilines is 1. The van der Waals surface area contributed by atoms with Gasteiger partial charge in [0.15, 0.2) is 0 Å². The van der Waals surface area contributed by atoms with Crippen molar-refractivity contribution >= 4 is 23.2 Å². The van der Waals surface area contributed by atoms with Crippen LogP contribution in [0.3, 0.4) is 0 Å². The van der Waals surface area contributed by atoms with Gasteiger partial charge in [-0.25, -0.2) is 0 Å². The first-order valence-electron chi connectivity index (χ1n) is 9.77. The van der Waals surface area contributed by atoms with Crippen LogP contribution in [0.25, 0.3) is 0 Å². The van der Waals surface area contributed by atoms with E-state index >= 15 is 0 Å². The Labute approximate surface area is 172 Å². The molecular formula is C23H28ClN3O. The number of para-hydroxylation sites is 1. The summed E-state index contributed by atoms with van der Waals surface area (Å²) in [5.74, 6) is 0.0106. The number of carbonyl (C=O) groups is 1. The van der Waals surface area contributed by atoms with Gasteiger partial charge in [-0.3, -0.25) is 4.79 Å². The highest BCUT2D eigenvalue weighted by Gasteiger charge is 2.22. The summed E-state index contributed by atoms with van der Waals surface area (Å²) in [6, 6.07) is 8.61. The van der Waals surface area contributed by atoms with Crippen LogP contribution in [0.2, 0.25) is 0 Å². The van der Waals surface area contributed by atoms with Crippen molar-refractivity contribution in [3.63, 3.8) is 0 Å². The number of rotatable bonds is 7. The van der Waals surface area contributed by atoms with Gasteiger partial charge in [0.1, 0.15) is 0 Å². The zero-order valence-electron chi connectivity index (χ0n) is 16.6. The van der Waals surface area contributed by atoms with E-state index in [4.69, 9.17) is 11.6 Å². The molecule has 1 aromatic rings. The molecule has 1 aromatic carbocycles. The number of carbonyl (C=O) groups excluding carboxylic acids is 1. The average molecular weight is 398 g/mol. The molecule has 3 rings (SSSR count). The molecule has 0 unspecified atom stereocenters. The molecule has 148 valence electrons. The lowest BCUT2D eigenvalue weighted by molar-refractivity contribution is -0.123. The number of halogens is 1. The molecule has 0 fully saturated rings. The maximum Gasteiger partial charge on any atom is 0.245 e. The Hall–Kier alpha value is -2.30. The predicted molar refractivity (Wildman–Crippen MR) is 118 cm³/mol. The zero-order chi connectivity index (χ0) is 19.9. The average Bonchev–Trinajstić information content (AvgIpc) is 2.84. The fourth-order valence-corrected chi connectivity index (χ4v) is 3.62. The molecule has 0 saturated heterocycles. The second kappa shape index (κ2) is 9.76. The number of benzene rings is 1. The van der Waals surface area contributed by atoms with E-state index in [-0.39, 0.29) is 5.91 Å². The van der Waals surface area contributed by atoms with Gasteiger partial charge in [0.25, 0.3) is 0 Å². The van der Waals surface area contributed by atoms with Crippen LogP contribution in [0.1, 0.15) is 18.4 Å². The molecule has 0 saturated carbocycles. The number of fused-ring (bicyclic) bond motifs is 2. The van der Waals surface area contributed by atoms with E-state index in [1.165, 1.54) is 22.5 Å². The number of allylic oxidation sites excluding steroid dienone is 5. The largest absolute Gasteiger partial charge is 0.345 e. The molecule has 1 heterocycles. The number of hydrogen-bond donors (Lipinski definition) is 1. The summed E-state index contributed by atoms with van der Waals surface area (Å²) >= 11 is 6.33. The smallest absolute Gasteiger partial charge is 0.245 e. The Morgan fingerprint density at radius 2 is 2.07 bits per heavy atom. The molecule has 0 atom stereocenters. The van der Waals surface area contributed by atoms with Crippen molar-refractivity contribution in [2.45, 2.75) is 19.3 Å². The fraction of sp³-hybridized carbons (Fsp3) is 0.348. The summed E-state index contributed by atoms with van der Waals surface area (Å²) in [5, 5.41) is 4.19. The molecule has 2 aliphatic rings. The molecule has 28 heavy (non-hydrogen) atoms. The predicted octanol–water partition coefficient (Wildman–Crippen LogP) is 4.01. The second-order valence-corrected chi connectivity index (χ2v) is 7.67. The van der Waals surface area contributed by atoms with E-state index < -0.39 is 0 Å². The highest BCUT2D eigenvalue weighted by molar-refractivity contribution is 6.31. The van der Waals surface area contributed by atoms with Gasteiger partial charge in [-0.15, -0.1) is 0 Å². The molecule has 0 aromatic heterocycles. The highest BCUT2D eigenvalue weighted by atomic mass is 35.5. The Morgan fingerprint density at radius 1 is 1.25 bits per heavy atom. The lowest BCUT2D eigenvalue weighted by atomic mass is 10.0. The minimum absolute atomic E-state index is 0.0106. The van der Waals surface area contributed by atoms with E-state index in [1.54, 1.807) is 25.1 Å². The molecular weight excluding hydrogens is 370 g/mol. The first-order chi connectivity index (χ1) is 13.6. The minimum Gasteiger partial charge on any atom is -0.345 e. The SMILES string of the molecule is CN(C)C(=O)/C=C/CNCCCN1C2=CC(Cl)=CCC2=CCc2ccccc21. The van der Waals surface area contributed by atoms with E-state index in [9.17, 15) is 4.79 Å². The summed E-state index contributed by atoms with van der Waals surface area (Å²) in [6.07, 6.45) is 12.8. The van der Waals surface area contributed by atoms with E-state index in [0.29, 0.717) is 6.54 Å². The standard InChI is InChI=1S/C23H28ClN3O/c1-26(2)23(28)9-5-14-25-15-6-16-27-21-8-4-3-7-18(21)10-11-19-12-13-20(24)17-22(19)27/h3-5,7-9,11,13,17,25H,6,10,12,14-16H2,1-2H3/b9-5+. The summed E-state index contributed by atoms with van der Waals surface area (Å²) in [4.78, 5) is 15.5. The molecule has 1 aliphatic carbocycles. The first kappa shape index (κ1) is 20.4. The number of nitrogens with one attached hydrogen (secondary N) is 1. The minimum atomic E-state index is 0.0106. The number of hydrogen-bond acceptors (Lipinski definition) is 3. The molecule has 1 aliphatic heterocycles. The van der Waals surface area contributed by atoms with Gasteiger partial charge in [-0.1, -0.05) is 48.0 Å². The highest BCUT2D eigenvalue weighted by Crippen LogP contribution is 2.36. The first-order valence-corrected chi connectivity index (χ1v) is 10.1. The fourth-order valence-electron chi connectivity index (χ4n) is 3.44. The molecule has 1 amide bonds. The van der Waals surface area contributed by atoms with Gasteiger partial charge in [-0.05, 0) is 49.1 Å². The van der Waals surface area contributed by atoms with Crippen LogP contribution in [-0.4, -0.2) is 44.5 Å². The maximum atomic E-state index is 11.5. The molecule has 5 heteroatoms. The van der Waals surface area contributed by atoms with Crippen molar-refractivity contribution < 1.29 is 4.79 Å². The molecule has 4 nitrogen and oxygen atoms in total. The van der Waals surface area contributed by atoms with Gasteiger partial charge in [0.05, 0.1) is 0 Å². The summed E-state index contributed by atoms with van der Waals surface area (Å²) in [7, 11) is 3.51. The summed E-state index contributed by atoms with van der Waals surface area (Å²) in [6.45, 7) is 2.49. The van der Waals surface area contributed by atoms with Crippen molar-refractivity contribution in [2.24, 2.45) is 0 Å². The number of amides is 1. The van der Waals surface area contributed by atoms with Crippen molar-refractivity contribution in [3.05, 3.63) is 76.5 Å². The van der Waals surface area contributed by atoms with Crippen LogP contribution in [0.5, 0.6) is 0 Å². The molecule has 0 radical (unpaired) electrons. The van der Waals surface area contributed by atoms with Gasteiger partial charge in [0, 0.05) is 49.7 Å². The number of nitrogens with zero attached hydrogens (tertiary/aromatic N) is 2. The molecule has 0 bridgehead atoms. The van der Waals surface area contributed by atoms with Gasteiger partial charge in [0.2, 0.25) is 5.91 Å². The third-order valence-corrected chi connectivity index (χ3v) is 5.22. The summed E-state index contributed by atoms with van der Waals surface area (Å²) < 4.78 is 0. The Kier molecular flexibility index (Phi) is 7.12. The van der Waals surface area contributed by atoms with Crippen molar-refractivity contribution in [1.82, 2.24) is 10.2 Å². The van der Waals surface area contributed by atoms with Crippen LogP contribution in [0.15, 0.2) is 70.9 Å². The summed E-state index contributed by atoms with van der Waals surface area (Å²) in [5.41, 5.74) is 5.18. The monoisotopic (exact) mass is 397 g/mol. The van der Waals surface area contributed by atoms with Crippen LogP contribution in [0.4, 0.5) is 5.69 Å². The van der Waals surface area contributed by atoms with E-state index in [1.807, 2.05) is 6.08 Å². The lowest BCUT2D eigenvalue weighted by Crippen LogP contribution is -2.28. The third-order valence-electron chi connectivity index (χ3n) is 4.96. The maximum absolute atomic E-state index is 11.5. The van der Waals surface area contributed by atoms with Gasteiger partial charge >= 0.3 is 0 Å². The van der Waals surface area contributed by atoms with E-state index in [2.05, 4.69) is 52.7 Å². The Bertz CT molecular complexity index is 836. The zero-order valence-corrected chi connectivity index (χ0v) is 17.4. The lowest BCUT2D eigenvalue weighted by Gasteiger charge is -2.30. The quantitative estimate of drug-likeness (QED) is 0.557. The topological polar surface area (TPSA) is 35.6 Å². The van der Waals surface area contributed by atoms with Gasteiger partial charge in [-0.2, -0.15) is 0 Å².